The summed E-state index contributed by atoms with van der Waals surface area (Å²) in [6.07, 6.45) is 0. The van der Waals surface area contributed by atoms with E-state index in [0.717, 1.165) is 20.3 Å². The minimum Gasteiger partial charge on any atom is -0.465 e. The summed E-state index contributed by atoms with van der Waals surface area (Å²) in [6, 6.07) is 13.2. The maximum atomic E-state index is 11.8. The van der Waals surface area contributed by atoms with Gasteiger partial charge >= 0.3 is 5.97 Å². The molecular formula is C16H12INO2. The Morgan fingerprint density at radius 3 is 2.65 bits per heavy atom. The van der Waals surface area contributed by atoms with E-state index in [1.54, 1.807) is 12.1 Å². The van der Waals surface area contributed by atoms with Crippen LogP contribution in [-0.4, -0.2) is 13.1 Å². The first-order valence-electron chi connectivity index (χ1n) is 5.96. The van der Waals surface area contributed by atoms with Crippen LogP contribution in [0.2, 0.25) is 0 Å². The van der Waals surface area contributed by atoms with Crippen LogP contribution in [0.15, 0.2) is 36.4 Å². The third-order valence-electron chi connectivity index (χ3n) is 3.07. The molecule has 100 valence electrons. The van der Waals surface area contributed by atoms with Crippen molar-refractivity contribution in [2.75, 3.05) is 7.11 Å². The van der Waals surface area contributed by atoms with Gasteiger partial charge in [0.15, 0.2) is 0 Å². The van der Waals surface area contributed by atoms with Crippen LogP contribution in [-0.2, 0) is 4.74 Å². The number of carbonyl (C=O) groups is 1. The van der Waals surface area contributed by atoms with Crippen LogP contribution >= 0.6 is 22.6 Å². The Labute approximate surface area is 131 Å². The zero-order valence-electron chi connectivity index (χ0n) is 11.1. The molecule has 0 aliphatic heterocycles. The standard InChI is InChI=1S/C16H12INO2/c1-10-14(16(19)20-2)7-13(8-15(10)17)12-5-3-4-11(6-12)9-18/h3-8H,1-2H3. The van der Waals surface area contributed by atoms with Gasteiger partial charge in [-0.2, -0.15) is 5.26 Å². The number of esters is 1. The van der Waals surface area contributed by atoms with E-state index in [9.17, 15) is 4.79 Å². The van der Waals surface area contributed by atoms with E-state index in [2.05, 4.69) is 28.7 Å². The van der Waals surface area contributed by atoms with Crippen LogP contribution in [0.3, 0.4) is 0 Å². The fraction of sp³-hybridized carbons (Fsp3) is 0.125. The summed E-state index contributed by atoms with van der Waals surface area (Å²) in [6.45, 7) is 1.89. The van der Waals surface area contributed by atoms with Gasteiger partial charge in [0.05, 0.1) is 24.3 Å². The highest BCUT2D eigenvalue weighted by Crippen LogP contribution is 2.27. The number of rotatable bonds is 2. The van der Waals surface area contributed by atoms with Gasteiger partial charge in [-0.25, -0.2) is 4.79 Å². The maximum Gasteiger partial charge on any atom is 0.338 e. The number of hydrogen-bond acceptors (Lipinski definition) is 3. The number of halogens is 1. The van der Waals surface area contributed by atoms with Crippen LogP contribution in [0, 0.1) is 21.8 Å². The van der Waals surface area contributed by atoms with Crippen LogP contribution in [0.1, 0.15) is 21.5 Å². The number of methoxy groups -OCH3 is 1. The molecule has 0 fully saturated rings. The molecule has 2 aromatic rings. The number of carbonyl (C=O) groups excluding carboxylic acids is 1. The molecule has 3 nitrogen and oxygen atoms in total. The van der Waals surface area contributed by atoms with Gasteiger partial charge in [0.25, 0.3) is 0 Å². The molecule has 0 aromatic heterocycles. The summed E-state index contributed by atoms with van der Waals surface area (Å²) in [5, 5.41) is 8.96. The lowest BCUT2D eigenvalue weighted by Crippen LogP contribution is -2.05. The van der Waals surface area contributed by atoms with E-state index in [0.29, 0.717) is 11.1 Å². The first-order chi connectivity index (χ1) is 9.56. The average Bonchev–Trinajstić information content (AvgIpc) is 2.49. The highest BCUT2D eigenvalue weighted by Gasteiger charge is 2.14. The Kier molecular flexibility index (Phi) is 4.40. The van der Waals surface area contributed by atoms with Crippen molar-refractivity contribution in [3.05, 3.63) is 56.7 Å². The number of ether oxygens (including phenoxy) is 1. The summed E-state index contributed by atoms with van der Waals surface area (Å²) in [7, 11) is 1.37. The van der Waals surface area contributed by atoms with Crippen molar-refractivity contribution in [2.24, 2.45) is 0 Å². The van der Waals surface area contributed by atoms with Gasteiger partial charge in [0, 0.05) is 3.57 Å². The van der Waals surface area contributed by atoms with E-state index in [4.69, 9.17) is 10.00 Å². The topological polar surface area (TPSA) is 50.1 Å². The molecule has 20 heavy (non-hydrogen) atoms. The first kappa shape index (κ1) is 14.5. The molecule has 0 spiro atoms. The molecule has 2 rings (SSSR count). The normalized spacial score (nSPS) is 9.90. The lowest BCUT2D eigenvalue weighted by Gasteiger charge is -2.10. The first-order valence-corrected chi connectivity index (χ1v) is 7.03. The lowest BCUT2D eigenvalue weighted by atomic mass is 9.98. The lowest BCUT2D eigenvalue weighted by molar-refractivity contribution is 0.0600. The second-order valence-electron chi connectivity index (χ2n) is 4.31. The van der Waals surface area contributed by atoms with Crippen molar-refractivity contribution in [1.82, 2.24) is 0 Å². The number of nitriles is 1. The third-order valence-corrected chi connectivity index (χ3v) is 4.20. The molecule has 0 amide bonds. The van der Waals surface area contributed by atoms with Crippen LogP contribution < -0.4 is 0 Å². The zero-order valence-corrected chi connectivity index (χ0v) is 13.3. The molecule has 2 aromatic carbocycles. The smallest absolute Gasteiger partial charge is 0.338 e. The largest absolute Gasteiger partial charge is 0.465 e. The second-order valence-corrected chi connectivity index (χ2v) is 5.48. The Morgan fingerprint density at radius 2 is 2.00 bits per heavy atom. The number of nitrogens with zero attached hydrogens (tertiary/aromatic N) is 1. The molecule has 0 bridgehead atoms. The summed E-state index contributed by atoms with van der Waals surface area (Å²) in [5.41, 5.74) is 3.86. The monoisotopic (exact) mass is 377 g/mol. The van der Waals surface area contributed by atoms with Gasteiger partial charge in [-0.1, -0.05) is 12.1 Å². The van der Waals surface area contributed by atoms with Crippen molar-refractivity contribution in [3.63, 3.8) is 0 Å². The van der Waals surface area contributed by atoms with Crippen molar-refractivity contribution >= 4 is 28.6 Å². The van der Waals surface area contributed by atoms with Gasteiger partial charge in [0.1, 0.15) is 0 Å². The molecule has 0 atom stereocenters. The fourth-order valence-electron chi connectivity index (χ4n) is 1.94. The van der Waals surface area contributed by atoms with E-state index in [1.807, 2.05) is 31.2 Å². The predicted molar refractivity (Wildman–Crippen MR) is 85.4 cm³/mol. The van der Waals surface area contributed by atoms with Crippen LogP contribution in [0.5, 0.6) is 0 Å². The summed E-state index contributed by atoms with van der Waals surface area (Å²) >= 11 is 2.20. The minimum absolute atomic E-state index is 0.348. The summed E-state index contributed by atoms with van der Waals surface area (Å²) in [4.78, 5) is 11.8. The van der Waals surface area contributed by atoms with Gasteiger partial charge in [-0.15, -0.1) is 0 Å². The van der Waals surface area contributed by atoms with Crippen molar-refractivity contribution in [3.8, 4) is 17.2 Å². The maximum absolute atomic E-state index is 11.8. The van der Waals surface area contributed by atoms with Gasteiger partial charge < -0.3 is 4.74 Å². The highest BCUT2D eigenvalue weighted by molar-refractivity contribution is 14.1. The van der Waals surface area contributed by atoms with Gasteiger partial charge in [-0.05, 0) is 70.5 Å². The molecule has 0 heterocycles. The van der Waals surface area contributed by atoms with Crippen LogP contribution in [0.4, 0.5) is 0 Å². The van der Waals surface area contributed by atoms with Gasteiger partial charge in [-0.3, -0.25) is 0 Å². The van der Waals surface area contributed by atoms with Crippen molar-refractivity contribution in [1.29, 1.82) is 5.26 Å². The molecule has 0 unspecified atom stereocenters. The Bertz CT molecular complexity index is 717. The van der Waals surface area contributed by atoms with E-state index < -0.39 is 0 Å². The quantitative estimate of drug-likeness (QED) is 0.589. The predicted octanol–water partition coefficient (Wildman–Crippen LogP) is 3.92. The third kappa shape index (κ3) is 2.83. The fourth-order valence-corrected chi connectivity index (χ4v) is 2.56. The Morgan fingerprint density at radius 1 is 1.25 bits per heavy atom. The summed E-state index contributed by atoms with van der Waals surface area (Å²) < 4.78 is 5.80. The highest BCUT2D eigenvalue weighted by atomic mass is 127. The van der Waals surface area contributed by atoms with Gasteiger partial charge in [0.2, 0.25) is 0 Å². The second kappa shape index (κ2) is 6.06. The average molecular weight is 377 g/mol. The molecule has 0 N–H and O–H groups in total. The van der Waals surface area contributed by atoms with E-state index in [-0.39, 0.29) is 5.97 Å². The Hall–Kier alpha value is -1.87. The molecule has 0 aliphatic carbocycles. The van der Waals surface area contributed by atoms with Crippen LogP contribution in [0.25, 0.3) is 11.1 Å². The SMILES string of the molecule is COC(=O)c1cc(-c2cccc(C#N)c2)cc(I)c1C. The molecule has 0 saturated carbocycles. The van der Waals surface area contributed by atoms with Crippen molar-refractivity contribution < 1.29 is 9.53 Å². The number of benzene rings is 2. The van der Waals surface area contributed by atoms with E-state index >= 15 is 0 Å². The van der Waals surface area contributed by atoms with E-state index in [1.165, 1.54) is 7.11 Å². The minimum atomic E-state index is -0.348. The number of hydrogen-bond donors (Lipinski definition) is 0. The Balaban J connectivity index is 2.60. The molecular weight excluding hydrogens is 365 g/mol. The molecule has 4 heteroatoms. The molecule has 0 aliphatic rings. The molecule has 0 radical (unpaired) electrons. The zero-order chi connectivity index (χ0) is 14.7. The van der Waals surface area contributed by atoms with Crippen molar-refractivity contribution in [2.45, 2.75) is 6.92 Å². The molecule has 0 saturated heterocycles. The summed E-state index contributed by atoms with van der Waals surface area (Å²) in [5.74, 6) is -0.348.